The Labute approximate surface area is 87.1 Å². The molecular formula is C9H13N3OS. The molecule has 0 radical (unpaired) electrons. The Morgan fingerprint density at radius 3 is 3.00 bits per heavy atom. The van der Waals surface area contributed by atoms with Crippen LogP contribution in [0.3, 0.4) is 0 Å². The van der Waals surface area contributed by atoms with Crippen molar-refractivity contribution in [2.24, 2.45) is 5.73 Å². The van der Waals surface area contributed by atoms with Crippen molar-refractivity contribution in [2.45, 2.75) is 11.4 Å². The molecule has 0 bridgehead atoms. The minimum Gasteiger partial charge on any atom is -0.396 e. The van der Waals surface area contributed by atoms with Gasteiger partial charge in [0.1, 0.15) is 11.5 Å². The topological polar surface area (TPSA) is 83.0 Å². The van der Waals surface area contributed by atoms with Gasteiger partial charge in [0.05, 0.1) is 5.03 Å². The van der Waals surface area contributed by atoms with Crippen molar-refractivity contribution in [3.63, 3.8) is 0 Å². The van der Waals surface area contributed by atoms with Gasteiger partial charge in [-0.2, -0.15) is 0 Å². The smallest absolute Gasteiger partial charge is 0.141 e. The molecule has 1 heterocycles. The van der Waals surface area contributed by atoms with Gasteiger partial charge in [0.2, 0.25) is 0 Å². The normalized spacial score (nSPS) is 10.1. The molecule has 0 atom stereocenters. The molecule has 0 amide bonds. The lowest BCUT2D eigenvalue weighted by molar-refractivity contribution is 0.296. The maximum Gasteiger partial charge on any atom is 0.141 e. The highest BCUT2D eigenvalue weighted by Crippen LogP contribution is 2.15. The summed E-state index contributed by atoms with van der Waals surface area (Å²) in [5, 5.41) is 16.6. The first-order chi connectivity index (χ1) is 6.74. The van der Waals surface area contributed by atoms with Crippen LogP contribution in [0.2, 0.25) is 0 Å². The molecule has 4 N–H and O–H groups in total. The number of nitrogen functional groups attached to an aromatic ring is 1. The van der Waals surface area contributed by atoms with E-state index < -0.39 is 0 Å². The maximum atomic E-state index is 8.60. The largest absolute Gasteiger partial charge is 0.396 e. The number of rotatable bonds is 5. The van der Waals surface area contributed by atoms with Crippen LogP contribution in [0.25, 0.3) is 0 Å². The lowest BCUT2D eigenvalue weighted by Crippen LogP contribution is -2.13. The minimum absolute atomic E-state index is 0.0189. The van der Waals surface area contributed by atoms with E-state index in [4.69, 9.17) is 16.2 Å². The minimum atomic E-state index is -0.0189. The maximum absolute atomic E-state index is 8.60. The van der Waals surface area contributed by atoms with E-state index in [9.17, 15) is 0 Å². The van der Waals surface area contributed by atoms with E-state index >= 15 is 0 Å². The van der Waals surface area contributed by atoms with Crippen LogP contribution in [0.1, 0.15) is 12.1 Å². The highest BCUT2D eigenvalue weighted by Gasteiger charge is 2.00. The highest BCUT2D eigenvalue weighted by molar-refractivity contribution is 7.99. The number of thioether (sulfide) groups is 1. The third-order valence-electron chi connectivity index (χ3n) is 1.55. The molecule has 0 fully saturated rings. The fourth-order valence-electron chi connectivity index (χ4n) is 0.887. The number of nitrogens with two attached hydrogens (primary N) is 1. The Kier molecular flexibility index (Phi) is 4.42. The molecule has 14 heavy (non-hydrogen) atoms. The van der Waals surface area contributed by atoms with E-state index in [1.165, 1.54) is 0 Å². The number of nitrogens with one attached hydrogen (secondary N) is 1. The zero-order chi connectivity index (χ0) is 10.4. The summed E-state index contributed by atoms with van der Waals surface area (Å²) < 4.78 is 0. The third-order valence-corrected chi connectivity index (χ3v) is 2.57. The Balaban J connectivity index is 2.59. The monoisotopic (exact) mass is 211 g/mol. The number of pyridine rings is 1. The predicted molar refractivity (Wildman–Crippen MR) is 57.7 cm³/mol. The standard InChI is InChI=1S/C9H13N3OS/c10-9(11)7-3-1-4-8(12-7)14-6-2-5-13/h1,3-4,13H,2,5-6H2,(H3,10,11). The van der Waals surface area contributed by atoms with Crippen molar-refractivity contribution in [1.82, 2.24) is 4.98 Å². The molecular weight excluding hydrogens is 198 g/mol. The summed E-state index contributed by atoms with van der Waals surface area (Å²) in [5.74, 6) is 0.805. The summed E-state index contributed by atoms with van der Waals surface area (Å²) in [7, 11) is 0. The van der Waals surface area contributed by atoms with Gasteiger partial charge >= 0.3 is 0 Å². The van der Waals surface area contributed by atoms with E-state index in [1.807, 2.05) is 12.1 Å². The number of aromatic nitrogens is 1. The van der Waals surface area contributed by atoms with Crippen LogP contribution in [0.15, 0.2) is 23.2 Å². The quantitative estimate of drug-likeness (QED) is 0.292. The van der Waals surface area contributed by atoms with Crippen LogP contribution in [0, 0.1) is 5.41 Å². The van der Waals surface area contributed by atoms with Gasteiger partial charge in [0.25, 0.3) is 0 Å². The van der Waals surface area contributed by atoms with E-state index in [0.29, 0.717) is 5.69 Å². The molecule has 4 nitrogen and oxygen atoms in total. The zero-order valence-electron chi connectivity index (χ0n) is 7.73. The zero-order valence-corrected chi connectivity index (χ0v) is 8.55. The van der Waals surface area contributed by atoms with Gasteiger partial charge in [-0.25, -0.2) is 4.98 Å². The molecule has 0 aromatic carbocycles. The Morgan fingerprint density at radius 2 is 2.36 bits per heavy atom. The summed E-state index contributed by atoms with van der Waals surface area (Å²) in [6, 6.07) is 5.40. The first kappa shape index (κ1) is 11.0. The average Bonchev–Trinajstić information content (AvgIpc) is 2.19. The SMILES string of the molecule is N=C(N)c1cccc(SCCCO)n1. The van der Waals surface area contributed by atoms with Crippen molar-refractivity contribution >= 4 is 17.6 Å². The second-order valence-electron chi connectivity index (χ2n) is 2.70. The van der Waals surface area contributed by atoms with Gasteiger partial charge < -0.3 is 10.8 Å². The summed E-state index contributed by atoms with van der Waals surface area (Å²) in [5.41, 5.74) is 5.81. The van der Waals surface area contributed by atoms with Crippen LogP contribution >= 0.6 is 11.8 Å². The van der Waals surface area contributed by atoms with Crippen molar-refractivity contribution in [2.75, 3.05) is 12.4 Å². The highest BCUT2D eigenvalue weighted by atomic mass is 32.2. The molecule has 0 aliphatic carbocycles. The number of hydrogen-bond acceptors (Lipinski definition) is 4. The summed E-state index contributed by atoms with van der Waals surface area (Å²) >= 11 is 1.55. The fourth-order valence-corrected chi connectivity index (χ4v) is 1.71. The van der Waals surface area contributed by atoms with Crippen LogP contribution < -0.4 is 5.73 Å². The van der Waals surface area contributed by atoms with Crippen molar-refractivity contribution in [3.8, 4) is 0 Å². The van der Waals surface area contributed by atoms with Gasteiger partial charge in [-0.05, 0) is 18.6 Å². The molecule has 1 rings (SSSR count). The van der Waals surface area contributed by atoms with Gasteiger partial charge in [-0.3, -0.25) is 5.41 Å². The second kappa shape index (κ2) is 5.62. The Bertz CT molecular complexity index is 317. The number of aliphatic hydroxyl groups excluding tert-OH is 1. The van der Waals surface area contributed by atoms with Crippen LogP contribution in [0.5, 0.6) is 0 Å². The molecule has 1 aromatic rings. The lowest BCUT2D eigenvalue weighted by atomic mass is 10.3. The molecule has 0 saturated heterocycles. The molecule has 5 heteroatoms. The molecule has 0 saturated carbocycles. The molecule has 0 aliphatic heterocycles. The molecule has 0 aliphatic rings. The van der Waals surface area contributed by atoms with E-state index in [2.05, 4.69) is 4.98 Å². The number of amidine groups is 1. The molecule has 1 aromatic heterocycles. The molecule has 76 valence electrons. The van der Waals surface area contributed by atoms with Crippen molar-refractivity contribution < 1.29 is 5.11 Å². The van der Waals surface area contributed by atoms with Crippen LogP contribution in [-0.2, 0) is 0 Å². The van der Waals surface area contributed by atoms with Crippen LogP contribution in [-0.4, -0.2) is 28.3 Å². The van der Waals surface area contributed by atoms with Crippen molar-refractivity contribution in [3.05, 3.63) is 23.9 Å². The van der Waals surface area contributed by atoms with Crippen LogP contribution in [0.4, 0.5) is 0 Å². The summed E-state index contributed by atoms with van der Waals surface area (Å²) in [6.45, 7) is 0.194. The first-order valence-corrected chi connectivity index (χ1v) is 5.27. The summed E-state index contributed by atoms with van der Waals surface area (Å²) in [6.07, 6.45) is 0.747. The van der Waals surface area contributed by atoms with E-state index in [0.717, 1.165) is 17.2 Å². The average molecular weight is 211 g/mol. The first-order valence-electron chi connectivity index (χ1n) is 4.29. The lowest BCUT2D eigenvalue weighted by Gasteiger charge is -2.01. The second-order valence-corrected chi connectivity index (χ2v) is 3.82. The third kappa shape index (κ3) is 3.35. The Morgan fingerprint density at radius 1 is 1.57 bits per heavy atom. The number of nitrogens with zero attached hydrogens (tertiary/aromatic N) is 1. The van der Waals surface area contributed by atoms with Gasteiger partial charge in [-0.15, -0.1) is 11.8 Å². The predicted octanol–water partition coefficient (Wildman–Crippen LogP) is 0.840. The van der Waals surface area contributed by atoms with Gasteiger partial charge in [0, 0.05) is 12.4 Å². The molecule has 0 unspecified atom stereocenters. The van der Waals surface area contributed by atoms with Gasteiger partial charge in [0.15, 0.2) is 0 Å². The fraction of sp³-hybridized carbons (Fsp3) is 0.333. The van der Waals surface area contributed by atoms with E-state index in [1.54, 1.807) is 17.8 Å². The van der Waals surface area contributed by atoms with Crippen molar-refractivity contribution in [1.29, 1.82) is 5.41 Å². The Hall–Kier alpha value is -1.07. The van der Waals surface area contributed by atoms with E-state index in [-0.39, 0.29) is 12.4 Å². The molecule has 0 spiro atoms. The number of hydrogen-bond donors (Lipinski definition) is 3. The summed E-state index contributed by atoms with van der Waals surface area (Å²) in [4.78, 5) is 4.18. The number of aliphatic hydroxyl groups is 1. The van der Waals surface area contributed by atoms with Gasteiger partial charge in [-0.1, -0.05) is 6.07 Å².